The molecule has 1 aliphatic heterocycles. The fourth-order valence-electron chi connectivity index (χ4n) is 5.12. The number of ether oxygens (including phenoxy) is 2. The maximum absolute atomic E-state index is 16.2. The molecule has 1 saturated heterocycles. The summed E-state index contributed by atoms with van der Waals surface area (Å²) in [7, 11) is 0. The van der Waals surface area contributed by atoms with E-state index in [9.17, 15) is 35.5 Å². The Labute approximate surface area is 262 Å². The summed E-state index contributed by atoms with van der Waals surface area (Å²) in [6.45, 7) is 4.96. The van der Waals surface area contributed by atoms with E-state index >= 15 is 4.39 Å². The first-order chi connectivity index (χ1) is 21.9. The van der Waals surface area contributed by atoms with Gasteiger partial charge in [-0.25, -0.2) is 13.8 Å². The van der Waals surface area contributed by atoms with Gasteiger partial charge in [-0.1, -0.05) is 13.8 Å². The molecule has 2 unspecified atom stereocenters. The molecule has 0 radical (unpaired) electrons. The number of carbonyl (C=O) groups is 1. The number of halogens is 8. The SMILES string of the molecule is CC.Cc1c(F)c(N)cc(-c2nc(OC(CC3CCN3)C(F)(F)F)c3c(N)nc(OCC4(CC(=O)O)CC4)nc3c2F)c1C(F)(F)F. The third-order valence-corrected chi connectivity index (χ3v) is 7.86. The number of nitrogens with zero attached hydrogens (tertiary/aromatic N) is 3. The van der Waals surface area contributed by atoms with Crippen LogP contribution in [0.2, 0.25) is 0 Å². The highest BCUT2D eigenvalue weighted by atomic mass is 19.4. The van der Waals surface area contributed by atoms with E-state index in [-0.39, 0.29) is 13.0 Å². The summed E-state index contributed by atoms with van der Waals surface area (Å²) >= 11 is 0. The maximum Gasteiger partial charge on any atom is 0.425 e. The van der Waals surface area contributed by atoms with E-state index in [0.29, 0.717) is 31.9 Å². The highest BCUT2D eigenvalue weighted by Gasteiger charge is 2.47. The summed E-state index contributed by atoms with van der Waals surface area (Å²) in [4.78, 5) is 22.6. The second-order valence-electron chi connectivity index (χ2n) is 11.2. The quantitative estimate of drug-likeness (QED) is 0.144. The van der Waals surface area contributed by atoms with Crippen LogP contribution < -0.4 is 26.3 Å². The van der Waals surface area contributed by atoms with Crippen LogP contribution in [0.5, 0.6) is 11.9 Å². The van der Waals surface area contributed by atoms with E-state index in [1.54, 1.807) is 0 Å². The number of carboxylic acids is 1. The molecule has 0 spiro atoms. The molecule has 1 saturated carbocycles. The Morgan fingerprint density at radius 3 is 2.26 bits per heavy atom. The van der Waals surface area contributed by atoms with E-state index in [4.69, 9.17) is 26.0 Å². The second kappa shape index (κ2) is 13.1. The molecule has 10 nitrogen and oxygen atoms in total. The first kappa shape index (κ1) is 35.6. The van der Waals surface area contributed by atoms with Crippen LogP contribution in [0.15, 0.2) is 6.07 Å². The molecule has 2 fully saturated rings. The molecule has 2 atom stereocenters. The van der Waals surface area contributed by atoms with Crippen molar-refractivity contribution in [3.63, 3.8) is 0 Å². The lowest BCUT2D eigenvalue weighted by Gasteiger charge is -2.32. The third-order valence-electron chi connectivity index (χ3n) is 7.86. The van der Waals surface area contributed by atoms with Gasteiger partial charge in [-0.3, -0.25) is 4.79 Å². The van der Waals surface area contributed by atoms with Crippen LogP contribution in [0.1, 0.15) is 57.1 Å². The average Bonchev–Trinajstić information content (AvgIpc) is 3.71. The van der Waals surface area contributed by atoms with Crippen molar-refractivity contribution in [1.29, 1.82) is 0 Å². The maximum atomic E-state index is 16.2. The summed E-state index contributed by atoms with van der Waals surface area (Å²) in [5, 5.41) is 11.2. The number of nitrogens with one attached hydrogen (secondary N) is 1. The zero-order chi connectivity index (χ0) is 35.1. The number of carboxylic acid groups (broad SMARTS) is 1. The highest BCUT2D eigenvalue weighted by Crippen LogP contribution is 2.49. The van der Waals surface area contributed by atoms with Gasteiger partial charge in [0.25, 0.3) is 0 Å². The zero-order valence-electron chi connectivity index (χ0n) is 25.4. The number of aromatic nitrogens is 3. The van der Waals surface area contributed by atoms with Gasteiger partial charge >= 0.3 is 24.3 Å². The van der Waals surface area contributed by atoms with E-state index in [0.717, 1.165) is 6.92 Å². The normalized spacial score (nSPS) is 17.7. The molecule has 47 heavy (non-hydrogen) atoms. The number of pyridine rings is 1. The van der Waals surface area contributed by atoms with Gasteiger partial charge in [0.05, 0.1) is 24.3 Å². The van der Waals surface area contributed by atoms with Crippen LogP contribution >= 0.6 is 0 Å². The fraction of sp³-hybridized carbons (Fsp3) is 0.517. The molecule has 0 amide bonds. The van der Waals surface area contributed by atoms with Gasteiger partial charge in [0.1, 0.15) is 28.2 Å². The van der Waals surface area contributed by atoms with Crippen molar-refractivity contribution in [2.24, 2.45) is 5.41 Å². The Morgan fingerprint density at radius 1 is 1.11 bits per heavy atom. The minimum absolute atomic E-state index is 0.246. The largest absolute Gasteiger partial charge is 0.481 e. The van der Waals surface area contributed by atoms with Crippen LogP contribution in [0, 0.1) is 24.0 Å². The molecule has 18 heteroatoms. The predicted molar refractivity (Wildman–Crippen MR) is 154 cm³/mol. The molecular weight excluding hydrogens is 648 g/mol. The number of nitrogens with two attached hydrogens (primary N) is 2. The first-order valence-electron chi connectivity index (χ1n) is 14.5. The van der Waals surface area contributed by atoms with E-state index in [2.05, 4.69) is 20.3 Å². The number of anilines is 2. The Morgan fingerprint density at radius 2 is 1.74 bits per heavy atom. The monoisotopic (exact) mass is 680 g/mol. The minimum Gasteiger partial charge on any atom is -0.481 e. The van der Waals surface area contributed by atoms with Crippen molar-refractivity contribution in [2.45, 2.75) is 77.4 Å². The van der Waals surface area contributed by atoms with Crippen LogP contribution in [-0.4, -0.2) is 57.5 Å². The number of hydrogen-bond donors (Lipinski definition) is 4. The number of aliphatic carboxylic acids is 1. The molecule has 1 aliphatic carbocycles. The number of hydrogen-bond acceptors (Lipinski definition) is 9. The van der Waals surface area contributed by atoms with Crippen molar-refractivity contribution in [3.05, 3.63) is 28.8 Å². The fourth-order valence-corrected chi connectivity index (χ4v) is 5.12. The van der Waals surface area contributed by atoms with Gasteiger partial charge in [-0.15, -0.1) is 0 Å². The lowest BCUT2D eigenvalue weighted by Crippen LogP contribution is -2.49. The van der Waals surface area contributed by atoms with Gasteiger partial charge in [-0.05, 0) is 44.4 Å². The van der Waals surface area contributed by atoms with Crippen molar-refractivity contribution in [2.75, 3.05) is 24.6 Å². The average molecular weight is 681 g/mol. The summed E-state index contributed by atoms with van der Waals surface area (Å²) in [5.74, 6) is -5.86. The molecule has 2 aliphatic rings. The topological polar surface area (TPSA) is 158 Å². The Balaban J connectivity index is 0.00000245. The molecule has 5 rings (SSSR count). The smallest absolute Gasteiger partial charge is 0.425 e. The minimum atomic E-state index is -5.29. The number of nitrogen functional groups attached to an aromatic ring is 2. The van der Waals surface area contributed by atoms with Gasteiger partial charge < -0.3 is 31.4 Å². The summed E-state index contributed by atoms with van der Waals surface area (Å²) in [5.41, 5.74) is 4.08. The second-order valence-corrected chi connectivity index (χ2v) is 11.2. The number of alkyl halides is 6. The molecule has 1 aromatic carbocycles. The van der Waals surface area contributed by atoms with Gasteiger partial charge in [-0.2, -0.15) is 36.3 Å². The van der Waals surface area contributed by atoms with Crippen molar-refractivity contribution < 1.29 is 54.5 Å². The number of benzene rings is 1. The molecule has 6 N–H and O–H groups in total. The summed E-state index contributed by atoms with van der Waals surface area (Å²) in [6.07, 6.45) is -12.4. The summed E-state index contributed by atoms with van der Waals surface area (Å²) < 4.78 is 126. The highest BCUT2D eigenvalue weighted by molar-refractivity contribution is 5.96. The molecule has 0 bridgehead atoms. The van der Waals surface area contributed by atoms with Crippen LogP contribution in [0.4, 0.5) is 46.6 Å². The lowest BCUT2D eigenvalue weighted by molar-refractivity contribution is -0.199. The molecule has 3 heterocycles. The zero-order valence-corrected chi connectivity index (χ0v) is 25.4. The first-order valence-corrected chi connectivity index (χ1v) is 14.5. The lowest BCUT2D eigenvalue weighted by atomic mass is 9.96. The Bertz CT molecular complexity index is 1660. The van der Waals surface area contributed by atoms with Crippen LogP contribution in [-0.2, 0) is 11.0 Å². The Hall–Kier alpha value is -4.22. The Kier molecular flexibility index (Phi) is 9.94. The van der Waals surface area contributed by atoms with E-state index in [1.807, 2.05) is 13.8 Å². The van der Waals surface area contributed by atoms with Crippen LogP contribution in [0.25, 0.3) is 22.2 Å². The van der Waals surface area contributed by atoms with E-state index in [1.165, 1.54) is 0 Å². The van der Waals surface area contributed by atoms with Crippen molar-refractivity contribution in [1.82, 2.24) is 20.3 Å². The number of rotatable bonds is 10. The van der Waals surface area contributed by atoms with Gasteiger partial charge in [0, 0.05) is 23.4 Å². The van der Waals surface area contributed by atoms with Gasteiger partial charge in [0.15, 0.2) is 11.9 Å². The van der Waals surface area contributed by atoms with Crippen molar-refractivity contribution in [3.8, 4) is 23.1 Å². The predicted octanol–water partition coefficient (Wildman–Crippen LogP) is 6.18. The van der Waals surface area contributed by atoms with Crippen LogP contribution in [0.3, 0.4) is 0 Å². The van der Waals surface area contributed by atoms with Gasteiger partial charge in [0.2, 0.25) is 5.88 Å². The van der Waals surface area contributed by atoms with E-state index < -0.39 is 111 Å². The molecule has 258 valence electrons. The third kappa shape index (κ3) is 7.52. The molecular formula is C29H32F8N6O4. The van der Waals surface area contributed by atoms with Crippen molar-refractivity contribution >= 4 is 28.4 Å². The molecule has 3 aromatic rings. The number of fused-ring (bicyclic) bond motifs is 1. The molecule has 2 aromatic heterocycles. The summed E-state index contributed by atoms with van der Waals surface area (Å²) in [6, 6.07) is -0.778. The standard InChI is InChI=1S/C27H26F8N6O4.C2H6/c1-10-17(27(33,34)35)12(7-13(36)18(10)28)20-19(29)21-16(23(39-20)45-14(26(30,31)32)6-11-2-5-38-11)22(37)41-24(40-21)44-9-25(3-4-25)8-15(42)43;1-2/h7,11,14,38H,2-6,8-9,36H2,1H3,(H,42,43)(H2,37,40,41);1-2H3.